The molecule has 21 heavy (non-hydrogen) atoms. The topological polar surface area (TPSA) is 65.5 Å². The number of piperazine rings is 1. The van der Waals surface area contributed by atoms with Gasteiger partial charge in [0.15, 0.2) is 0 Å². The summed E-state index contributed by atoms with van der Waals surface area (Å²) in [6, 6.07) is 4.48. The van der Waals surface area contributed by atoms with Crippen molar-refractivity contribution in [1.29, 1.82) is 0 Å². The standard InChI is InChI=1S/C14H24N4O2S/c1-12(2)16-11-13-10-14(4-5-15-13)17-6-8-18(9-7-17)21(3,19)20/h4-5,10,12,16H,6-9,11H2,1-3H3. The highest BCUT2D eigenvalue weighted by Crippen LogP contribution is 2.17. The maximum absolute atomic E-state index is 11.5. The van der Waals surface area contributed by atoms with Gasteiger partial charge in [-0.25, -0.2) is 8.42 Å². The Kier molecular flexibility index (Phi) is 5.18. The van der Waals surface area contributed by atoms with Crippen molar-refractivity contribution in [3.63, 3.8) is 0 Å². The van der Waals surface area contributed by atoms with Crippen molar-refractivity contribution in [2.75, 3.05) is 37.3 Å². The molecule has 0 atom stereocenters. The molecule has 118 valence electrons. The Hall–Kier alpha value is -1.18. The zero-order valence-corrected chi connectivity index (χ0v) is 13.7. The van der Waals surface area contributed by atoms with Gasteiger partial charge >= 0.3 is 0 Å². The molecule has 0 bridgehead atoms. The van der Waals surface area contributed by atoms with E-state index in [4.69, 9.17) is 0 Å². The minimum atomic E-state index is -3.07. The molecule has 0 amide bonds. The highest BCUT2D eigenvalue weighted by Gasteiger charge is 2.23. The molecule has 2 rings (SSSR count). The van der Waals surface area contributed by atoms with Crippen molar-refractivity contribution < 1.29 is 8.42 Å². The van der Waals surface area contributed by atoms with Crippen molar-refractivity contribution in [2.24, 2.45) is 0 Å². The molecular weight excluding hydrogens is 288 g/mol. The zero-order valence-electron chi connectivity index (χ0n) is 12.9. The molecule has 1 aliphatic heterocycles. The van der Waals surface area contributed by atoms with E-state index in [0.717, 1.165) is 17.9 Å². The summed E-state index contributed by atoms with van der Waals surface area (Å²) in [6.45, 7) is 7.47. The summed E-state index contributed by atoms with van der Waals surface area (Å²) >= 11 is 0. The van der Waals surface area contributed by atoms with Crippen LogP contribution >= 0.6 is 0 Å². The van der Waals surface area contributed by atoms with Crippen LogP contribution in [0.4, 0.5) is 5.69 Å². The van der Waals surface area contributed by atoms with Crippen molar-refractivity contribution in [3.8, 4) is 0 Å². The molecule has 1 saturated heterocycles. The molecule has 1 aromatic rings. The van der Waals surface area contributed by atoms with Gasteiger partial charge in [0.25, 0.3) is 0 Å². The maximum Gasteiger partial charge on any atom is 0.211 e. The summed E-state index contributed by atoms with van der Waals surface area (Å²) in [6.07, 6.45) is 3.08. The number of sulfonamides is 1. The maximum atomic E-state index is 11.5. The van der Waals surface area contributed by atoms with Gasteiger partial charge in [0.1, 0.15) is 0 Å². The Morgan fingerprint density at radius 3 is 2.52 bits per heavy atom. The summed E-state index contributed by atoms with van der Waals surface area (Å²) in [5.41, 5.74) is 2.12. The monoisotopic (exact) mass is 312 g/mol. The third-order valence-corrected chi connectivity index (χ3v) is 4.87. The number of aromatic nitrogens is 1. The van der Waals surface area contributed by atoms with Gasteiger partial charge in [0.2, 0.25) is 10.0 Å². The van der Waals surface area contributed by atoms with Crippen LogP contribution in [0.5, 0.6) is 0 Å². The fourth-order valence-corrected chi connectivity index (χ4v) is 3.17. The van der Waals surface area contributed by atoms with E-state index in [1.807, 2.05) is 12.3 Å². The lowest BCUT2D eigenvalue weighted by Crippen LogP contribution is -2.48. The lowest BCUT2D eigenvalue weighted by molar-refractivity contribution is 0.388. The first kappa shape index (κ1) is 16.2. The average Bonchev–Trinajstić information content (AvgIpc) is 2.45. The van der Waals surface area contributed by atoms with Crippen LogP contribution in [-0.4, -0.2) is 56.2 Å². The van der Waals surface area contributed by atoms with Gasteiger partial charge in [-0.15, -0.1) is 0 Å². The van der Waals surface area contributed by atoms with Crippen LogP contribution < -0.4 is 10.2 Å². The number of rotatable bonds is 5. The molecular formula is C14H24N4O2S. The summed E-state index contributed by atoms with van der Waals surface area (Å²) in [5, 5.41) is 3.35. The normalized spacial score (nSPS) is 17.4. The molecule has 1 N–H and O–H groups in total. The first-order chi connectivity index (χ1) is 9.86. The van der Waals surface area contributed by atoms with Crippen molar-refractivity contribution in [2.45, 2.75) is 26.4 Å². The largest absolute Gasteiger partial charge is 0.369 e. The molecule has 0 aliphatic carbocycles. The van der Waals surface area contributed by atoms with Gasteiger partial charge in [-0.05, 0) is 12.1 Å². The van der Waals surface area contributed by atoms with Crippen LogP contribution in [0.2, 0.25) is 0 Å². The molecule has 0 radical (unpaired) electrons. The van der Waals surface area contributed by atoms with E-state index < -0.39 is 10.0 Å². The van der Waals surface area contributed by atoms with Gasteiger partial charge in [-0.3, -0.25) is 4.98 Å². The number of nitrogens with zero attached hydrogens (tertiary/aromatic N) is 3. The SMILES string of the molecule is CC(C)NCc1cc(N2CCN(S(C)(=O)=O)CC2)ccn1. The van der Waals surface area contributed by atoms with E-state index in [2.05, 4.69) is 35.1 Å². The second kappa shape index (κ2) is 6.72. The van der Waals surface area contributed by atoms with Crippen LogP contribution in [0.3, 0.4) is 0 Å². The third kappa shape index (κ3) is 4.66. The van der Waals surface area contributed by atoms with E-state index in [9.17, 15) is 8.42 Å². The van der Waals surface area contributed by atoms with E-state index in [-0.39, 0.29) is 0 Å². The quantitative estimate of drug-likeness (QED) is 0.865. The fourth-order valence-electron chi connectivity index (χ4n) is 2.35. The van der Waals surface area contributed by atoms with Crippen LogP contribution in [0.25, 0.3) is 0 Å². The van der Waals surface area contributed by atoms with Gasteiger partial charge < -0.3 is 10.2 Å². The second-order valence-corrected chi connectivity index (χ2v) is 7.67. The van der Waals surface area contributed by atoms with Gasteiger partial charge in [0.05, 0.1) is 11.9 Å². The molecule has 0 saturated carbocycles. The Labute approximate surface area is 127 Å². The minimum Gasteiger partial charge on any atom is -0.369 e. The minimum absolute atomic E-state index is 0.425. The molecule has 0 spiro atoms. The van der Waals surface area contributed by atoms with Crippen LogP contribution in [0, 0.1) is 0 Å². The van der Waals surface area contributed by atoms with Crippen LogP contribution in [0.15, 0.2) is 18.3 Å². The number of hydrogen-bond acceptors (Lipinski definition) is 5. The molecule has 0 aromatic carbocycles. The molecule has 1 aromatic heterocycles. The number of anilines is 1. The highest BCUT2D eigenvalue weighted by atomic mass is 32.2. The van der Waals surface area contributed by atoms with Crippen LogP contribution in [0.1, 0.15) is 19.5 Å². The van der Waals surface area contributed by atoms with Crippen molar-refractivity contribution in [3.05, 3.63) is 24.0 Å². The van der Waals surface area contributed by atoms with Gasteiger partial charge in [-0.2, -0.15) is 4.31 Å². The Balaban J connectivity index is 1.98. The summed E-state index contributed by atoms with van der Waals surface area (Å²) < 4.78 is 24.6. The molecule has 1 aliphatic rings. The Bertz CT molecular complexity index is 566. The lowest BCUT2D eigenvalue weighted by atomic mass is 10.2. The number of pyridine rings is 1. The lowest BCUT2D eigenvalue weighted by Gasteiger charge is -2.34. The molecule has 2 heterocycles. The predicted molar refractivity (Wildman–Crippen MR) is 84.8 cm³/mol. The van der Waals surface area contributed by atoms with Crippen molar-refractivity contribution in [1.82, 2.24) is 14.6 Å². The smallest absolute Gasteiger partial charge is 0.211 e. The average molecular weight is 312 g/mol. The van der Waals surface area contributed by atoms with E-state index in [1.165, 1.54) is 10.6 Å². The fraction of sp³-hybridized carbons (Fsp3) is 0.643. The predicted octanol–water partition coefficient (Wildman–Crippen LogP) is 0.661. The van der Waals surface area contributed by atoms with E-state index in [1.54, 1.807) is 0 Å². The number of nitrogens with one attached hydrogen (secondary N) is 1. The summed E-state index contributed by atoms with van der Waals surface area (Å²) in [7, 11) is -3.07. The molecule has 1 fully saturated rings. The van der Waals surface area contributed by atoms with E-state index >= 15 is 0 Å². The summed E-state index contributed by atoms with van der Waals surface area (Å²) in [4.78, 5) is 6.58. The molecule has 7 heteroatoms. The van der Waals surface area contributed by atoms with Crippen molar-refractivity contribution >= 4 is 15.7 Å². The first-order valence-electron chi connectivity index (χ1n) is 7.24. The zero-order chi connectivity index (χ0) is 15.5. The Morgan fingerprint density at radius 2 is 1.95 bits per heavy atom. The molecule has 6 nitrogen and oxygen atoms in total. The second-order valence-electron chi connectivity index (χ2n) is 5.69. The highest BCUT2D eigenvalue weighted by molar-refractivity contribution is 7.88. The summed E-state index contributed by atoms with van der Waals surface area (Å²) in [5.74, 6) is 0. The van der Waals surface area contributed by atoms with Gasteiger partial charge in [-0.1, -0.05) is 13.8 Å². The van der Waals surface area contributed by atoms with Gasteiger partial charge in [0, 0.05) is 50.6 Å². The third-order valence-electron chi connectivity index (χ3n) is 3.56. The number of hydrogen-bond donors (Lipinski definition) is 1. The Morgan fingerprint density at radius 1 is 1.29 bits per heavy atom. The first-order valence-corrected chi connectivity index (χ1v) is 9.09. The molecule has 0 unspecified atom stereocenters. The van der Waals surface area contributed by atoms with Crippen LogP contribution in [-0.2, 0) is 16.6 Å². The van der Waals surface area contributed by atoms with E-state index in [0.29, 0.717) is 32.2 Å².